The molecule has 4 rings (SSSR count). The fourth-order valence-corrected chi connectivity index (χ4v) is 5.06. The molecule has 0 amide bonds. The molecule has 0 radical (unpaired) electrons. The van der Waals surface area contributed by atoms with Crippen LogP contribution in [-0.2, 0) is 28.9 Å². The van der Waals surface area contributed by atoms with Gasteiger partial charge in [0.15, 0.2) is 0 Å². The van der Waals surface area contributed by atoms with Gasteiger partial charge in [-0.05, 0) is 80.5 Å². The number of hydrogen-bond acceptors (Lipinski definition) is 5. The van der Waals surface area contributed by atoms with Gasteiger partial charge in [0.05, 0.1) is 12.3 Å². The Morgan fingerprint density at radius 3 is 2.50 bits per heavy atom. The molecule has 2 aromatic heterocycles. The van der Waals surface area contributed by atoms with Gasteiger partial charge in [0.2, 0.25) is 0 Å². The van der Waals surface area contributed by atoms with E-state index in [0.29, 0.717) is 13.1 Å². The van der Waals surface area contributed by atoms with Crippen LogP contribution < -0.4 is 10.9 Å². The average molecular weight is 517 g/mol. The molecule has 204 valence electrons. The quantitative estimate of drug-likeness (QED) is 0.238. The van der Waals surface area contributed by atoms with Crippen LogP contribution >= 0.6 is 0 Å². The van der Waals surface area contributed by atoms with E-state index in [1.165, 1.54) is 40.6 Å². The number of fused-ring (bicyclic) bond motifs is 1. The van der Waals surface area contributed by atoms with Gasteiger partial charge in [0.1, 0.15) is 0 Å². The minimum absolute atomic E-state index is 0.215. The second-order valence-electron chi connectivity index (χ2n) is 10.5. The highest BCUT2D eigenvalue weighted by molar-refractivity contribution is 5.95. The molecule has 0 aliphatic carbocycles. The van der Waals surface area contributed by atoms with Gasteiger partial charge in [-0.25, -0.2) is 0 Å². The summed E-state index contributed by atoms with van der Waals surface area (Å²) in [6.07, 6.45) is 10.2. The van der Waals surface area contributed by atoms with E-state index < -0.39 is 0 Å². The molecule has 6 heteroatoms. The van der Waals surface area contributed by atoms with Crippen LogP contribution in [0.4, 0.5) is 0 Å². The Labute approximate surface area is 228 Å². The molecule has 0 atom stereocenters. The minimum Gasteiger partial charge on any atom is -0.467 e. The number of rotatable bonds is 10. The van der Waals surface area contributed by atoms with Crippen molar-refractivity contribution in [3.63, 3.8) is 0 Å². The lowest BCUT2D eigenvalue weighted by Gasteiger charge is -2.24. The third kappa shape index (κ3) is 7.21. The number of hydrazine groups is 1. The third-order valence-corrected chi connectivity index (χ3v) is 6.88. The van der Waals surface area contributed by atoms with Crippen molar-refractivity contribution in [3.8, 4) is 11.3 Å². The summed E-state index contributed by atoms with van der Waals surface area (Å²) in [5.74, 6) is 0. The summed E-state index contributed by atoms with van der Waals surface area (Å²) in [4.78, 5) is 15.5. The van der Waals surface area contributed by atoms with E-state index in [0.717, 1.165) is 49.3 Å². The van der Waals surface area contributed by atoms with Crippen LogP contribution in [0.15, 0.2) is 55.3 Å². The maximum atomic E-state index is 10.9. The maximum Gasteiger partial charge on any atom is 0.293 e. The Bertz CT molecular complexity index is 1240. The highest BCUT2D eigenvalue weighted by Crippen LogP contribution is 2.40. The van der Waals surface area contributed by atoms with Gasteiger partial charge < -0.3 is 9.30 Å². The molecule has 0 bridgehead atoms. The van der Waals surface area contributed by atoms with Gasteiger partial charge in [-0.3, -0.25) is 20.6 Å². The number of aryl methyl sites for hydroxylation is 2. The van der Waals surface area contributed by atoms with E-state index in [9.17, 15) is 4.79 Å². The number of nitrogens with one attached hydrogen (secondary N) is 2. The van der Waals surface area contributed by atoms with Crippen LogP contribution in [0.2, 0.25) is 0 Å². The van der Waals surface area contributed by atoms with E-state index in [4.69, 9.17) is 4.74 Å². The zero-order chi connectivity index (χ0) is 27.5. The van der Waals surface area contributed by atoms with Crippen molar-refractivity contribution in [2.24, 2.45) is 5.41 Å². The Hall–Kier alpha value is -3.22. The lowest BCUT2D eigenvalue weighted by atomic mass is 9.84. The van der Waals surface area contributed by atoms with E-state index in [1.54, 1.807) is 0 Å². The lowest BCUT2D eigenvalue weighted by Crippen LogP contribution is -2.37. The van der Waals surface area contributed by atoms with Crippen LogP contribution in [-0.4, -0.2) is 35.7 Å². The van der Waals surface area contributed by atoms with Crippen molar-refractivity contribution in [2.45, 2.75) is 66.8 Å². The first-order valence-corrected chi connectivity index (χ1v) is 13.8. The molecule has 1 aliphatic rings. The summed E-state index contributed by atoms with van der Waals surface area (Å²) in [7, 11) is 0. The van der Waals surface area contributed by atoms with Gasteiger partial charge in [0, 0.05) is 53.4 Å². The Kier molecular flexibility index (Phi) is 10.9. The number of aromatic nitrogens is 2. The largest absolute Gasteiger partial charge is 0.467 e. The monoisotopic (exact) mass is 516 g/mol. The summed E-state index contributed by atoms with van der Waals surface area (Å²) in [5, 5.41) is 1.22. The highest BCUT2D eigenvalue weighted by Gasteiger charge is 2.27. The molecular weight excluding hydrogens is 472 g/mol. The fraction of sp³-hybridized carbons (Fsp3) is 0.438. The number of carbonyl (C=O) groups excluding carboxylic acids is 1. The van der Waals surface area contributed by atoms with Crippen molar-refractivity contribution >= 4 is 22.9 Å². The molecule has 1 aromatic carbocycles. The van der Waals surface area contributed by atoms with Gasteiger partial charge in [-0.1, -0.05) is 45.6 Å². The molecule has 0 unspecified atom stereocenters. The summed E-state index contributed by atoms with van der Waals surface area (Å²) in [6, 6.07) is 10.8. The molecule has 1 aliphatic heterocycles. The predicted molar refractivity (Wildman–Crippen MR) is 159 cm³/mol. The first-order valence-electron chi connectivity index (χ1n) is 13.8. The summed E-state index contributed by atoms with van der Waals surface area (Å²) in [5.41, 5.74) is 13.9. The van der Waals surface area contributed by atoms with Crippen LogP contribution in [0.25, 0.3) is 27.7 Å². The van der Waals surface area contributed by atoms with Gasteiger partial charge in [-0.15, -0.1) is 0 Å². The topological polar surface area (TPSA) is 68.2 Å². The summed E-state index contributed by atoms with van der Waals surface area (Å²) < 4.78 is 7.57. The number of benzene rings is 1. The molecule has 3 aromatic rings. The standard InChI is InChI=1S/C28H34N2O2.C4H10N2/c1-7-11-20(4)21-13-14-26-23(16-21)24(17-28(5,6)18-32-19-31)27(30(26)9-3)22-12-10-15-29-25(22)8-2;1-2-4-6-5-3-1/h7,10-16,19H,4,8-9,17-18H2,1-3,5-6H3;5-6H,1-4H2/b11-7+;. The molecule has 3 heterocycles. The molecule has 1 saturated heterocycles. The van der Waals surface area contributed by atoms with E-state index >= 15 is 0 Å². The minimum atomic E-state index is -0.215. The summed E-state index contributed by atoms with van der Waals surface area (Å²) >= 11 is 0. The zero-order valence-electron chi connectivity index (χ0n) is 23.8. The summed E-state index contributed by atoms with van der Waals surface area (Å²) in [6.45, 7) is 18.9. The highest BCUT2D eigenvalue weighted by atomic mass is 16.5. The number of hydrogen-bond donors (Lipinski definition) is 2. The van der Waals surface area contributed by atoms with E-state index in [2.05, 4.69) is 78.9 Å². The molecular formula is C32H44N4O2. The number of nitrogens with zero attached hydrogens (tertiary/aromatic N) is 2. The maximum absolute atomic E-state index is 10.9. The smallest absolute Gasteiger partial charge is 0.293 e. The number of ether oxygens (including phenoxy) is 1. The second-order valence-corrected chi connectivity index (χ2v) is 10.5. The first kappa shape index (κ1) is 29.3. The number of allylic oxidation sites excluding steroid dienone is 3. The molecule has 38 heavy (non-hydrogen) atoms. The van der Waals surface area contributed by atoms with Crippen molar-refractivity contribution in [3.05, 3.63) is 72.1 Å². The van der Waals surface area contributed by atoms with E-state index in [-0.39, 0.29) is 5.41 Å². The van der Waals surface area contributed by atoms with Crippen LogP contribution in [0, 0.1) is 5.41 Å². The van der Waals surface area contributed by atoms with Gasteiger partial charge in [0.25, 0.3) is 6.47 Å². The lowest BCUT2D eigenvalue weighted by molar-refractivity contribution is -0.131. The number of carbonyl (C=O) groups is 1. The molecule has 0 saturated carbocycles. The Morgan fingerprint density at radius 2 is 1.92 bits per heavy atom. The average Bonchev–Trinajstić information content (AvgIpc) is 3.24. The predicted octanol–water partition coefficient (Wildman–Crippen LogP) is 6.49. The molecule has 2 N–H and O–H groups in total. The molecule has 1 fully saturated rings. The SMILES string of the molecule is C1CCNNC1.C=C(/C=C/C)c1ccc2c(c1)c(CC(C)(C)COC=O)c(-c1cccnc1CC)n2CC. The molecule has 0 spiro atoms. The third-order valence-electron chi connectivity index (χ3n) is 6.88. The number of pyridine rings is 1. The first-order chi connectivity index (χ1) is 18.4. The van der Waals surface area contributed by atoms with Crippen molar-refractivity contribution < 1.29 is 9.53 Å². The van der Waals surface area contributed by atoms with Gasteiger partial charge >= 0.3 is 0 Å². The Morgan fingerprint density at radius 1 is 1.18 bits per heavy atom. The normalized spacial score (nSPS) is 13.8. The van der Waals surface area contributed by atoms with Crippen LogP contribution in [0.5, 0.6) is 0 Å². The van der Waals surface area contributed by atoms with Crippen molar-refractivity contribution in [2.75, 3.05) is 19.7 Å². The molecule has 6 nitrogen and oxygen atoms in total. The fourth-order valence-electron chi connectivity index (χ4n) is 5.06. The zero-order valence-corrected chi connectivity index (χ0v) is 23.8. The van der Waals surface area contributed by atoms with Gasteiger partial charge in [-0.2, -0.15) is 0 Å². The van der Waals surface area contributed by atoms with Crippen molar-refractivity contribution in [1.29, 1.82) is 0 Å². The van der Waals surface area contributed by atoms with Crippen LogP contribution in [0.1, 0.15) is 64.3 Å². The second kappa shape index (κ2) is 14.1. The van der Waals surface area contributed by atoms with Crippen molar-refractivity contribution in [1.82, 2.24) is 20.4 Å². The van der Waals surface area contributed by atoms with Crippen LogP contribution in [0.3, 0.4) is 0 Å². The Balaban J connectivity index is 0.000000585. The van der Waals surface area contributed by atoms with E-state index in [1.807, 2.05) is 31.3 Å².